The molecule has 2 rings (SSSR count). The van der Waals surface area contributed by atoms with E-state index in [-0.39, 0.29) is 11.9 Å². The number of nitrogens with one attached hydrogen (secondary N) is 2. The van der Waals surface area contributed by atoms with Crippen LogP contribution in [-0.2, 0) is 4.79 Å². The Balaban J connectivity index is 2.19. The van der Waals surface area contributed by atoms with E-state index in [4.69, 9.17) is 0 Å². The zero-order valence-corrected chi connectivity index (χ0v) is 7.58. The number of H-pyrrole nitrogens is 1. The number of amides is 1. The van der Waals surface area contributed by atoms with Crippen molar-refractivity contribution in [1.29, 1.82) is 0 Å². The van der Waals surface area contributed by atoms with E-state index >= 15 is 0 Å². The van der Waals surface area contributed by atoms with Crippen LogP contribution in [0, 0.1) is 0 Å². The van der Waals surface area contributed by atoms with Gasteiger partial charge in [-0.25, -0.2) is 0 Å². The number of rotatable bonds is 1. The van der Waals surface area contributed by atoms with Gasteiger partial charge in [0.05, 0.1) is 12.6 Å². The van der Waals surface area contributed by atoms with Gasteiger partial charge in [0.2, 0.25) is 5.91 Å². The van der Waals surface area contributed by atoms with E-state index in [0.29, 0.717) is 6.54 Å². The molecule has 1 aliphatic heterocycles. The average molecular weight is 179 g/mol. The second-order valence-electron chi connectivity index (χ2n) is 3.28. The Morgan fingerprint density at radius 2 is 2.46 bits per heavy atom. The predicted molar refractivity (Wildman–Crippen MR) is 49.2 cm³/mol. The van der Waals surface area contributed by atoms with Gasteiger partial charge < -0.3 is 15.2 Å². The van der Waals surface area contributed by atoms with E-state index in [9.17, 15) is 4.79 Å². The van der Waals surface area contributed by atoms with E-state index in [1.165, 1.54) is 0 Å². The fourth-order valence-corrected chi connectivity index (χ4v) is 1.62. The highest BCUT2D eigenvalue weighted by Gasteiger charge is 2.25. The molecule has 13 heavy (non-hydrogen) atoms. The summed E-state index contributed by atoms with van der Waals surface area (Å²) in [6.07, 6.45) is 1.88. The fraction of sp³-hybridized carbons (Fsp3) is 0.444. The van der Waals surface area contributed by atoms with Crippen LogP contribution in [-0.4, -0.2) is 35.9 Å². The summed E-state index contributed by atoms with van der Waals surface area (Å²) in [4.78, 5) is 16.3. The standard InChI is InChI=1S/C9H13N3O/c1-12-8(5-10-6-9(12)13)7-3-2-4-11-7/h2-4,8,10-11H,5-6H2,1H3. The lowest BCUT2D eigenvalue weighted by molar-refractivity contribution is -0.133. The van der Waals surface area contributed by atoms with Crippen molar-refractivity contribution in [3.05, 3.63) is 24.0 Å². The molecule has 0 aromatic carbocycles. The van der Waals surface area contributed by atoms with Crippen LogP contribution in [0.2, 0.25) is 0 Å². The first-order chi connectivity index (χ1) is 6.29. The summed E-state index contributed by atoms with van der Waals surface area (Å²) >= 11 is 0. The summed E-state index contributed by atoms with van der Waals surface area (Å²) < 4.78 is 0. The highest BCUT2D eigenvalue weighted by Crippen LogP contribution is 2.18. The van der Waals surface area contributed by atoms with Gasteiger partial charge in [-0.05, 0) is 12.1 Å². The first-order valence-electron chi connectivity index (χ1n) is 4.38. The summed E-state index contributed by atoms with van der Waals surface area (Å²) in [5.74, 6) is 0.144. The number of carbonyl (C=O) groups excluding carboxylic acids is 1. The van der Waals surface area contributed by atoms with Crippen LogP contribution in [0.1, 0.15) is 11.7 Å². The Kier molecular flexibility index (Phi) is 2.06. The molecule has 1 fully saturated rings. The maximum absolute atomic E-state index is 11.3. The second kappa shape index (κ2) is 3.22. The first-order valence-corrected chi connectivity index (χ1v) is 4.38. The van der Waals surface area contributed by atoms with Gasteiger partial charge in [0, 0.05) is 25.5 Å². The molecule has 0 bridgehead atoms. The van der Waals surface area contributed by atoms with Gasteiger partial charge in [-0.1, -0.05) is 0 Å². The maximum atomic E-state index is 11.3. The number of hydrogen-bond donors (Lipinski definition) is 2. The topological polar surface area (TPSA) is 48.1 Å². The molecule has 0 radical (unpaired) electrons. The Hall–Kier alpha value is -1.29. The quantitative estimate of drug-likeness (QED) is 0.643. The average Bonchev–Trinajstić information content (AvgIpc) is 2.62. The molecule has 0 spiro atoms. The number of likely N-dealkylation sites (N-methyl/N-ethyl adjacent to an activating group) is 1. The van der Waals surface area contributed by atoms with Crippen LogP contribution >= 0.6 is 0 Å². The van der Waals surface area contributed by atoms with Crippen molar-refractivity contribution in [3.63, 3.8) is 0 Å². The van der Waals surface area contributed by atoms with Gasteiger partial charge in [0.15, 0.2) is 0 Å². The maximum Gasteiger partial charge on any atom is 0.236 e. The molecule has 4 nitrogen and oxygen atoms in total. The molecule has 1 atom stereocenters. The lowest BCUT2D eigenvalue weighted by Crippen LogP contribution is -2.48. The van der Waals surface area contributed by atoms with Crippen LogP contribution in [0.4, 0.5) is 0 Å². The molecular weight excluding hydrogens is 166 g/mol. The van der Waals surface area contributed by atoms with E-state index in [0.717, 1.165) is 12.2 Å². The molecule has 1 aliphatic rings. The largest absolute Gasteiger partial charge is 0.363 e. The lowest BCUT2D eigenvalue weighted by atomic mass is 10.1. The fourth-order valence-electron chi connectivity index (χ4n) is 1.62. The molecule has 1 saturated heterocycles. The monoisotopic (exact) mass is 179 g/mol. The van der Waals surface area contributed by atoms with Gasteiger partial charge >= 0.3 is 0 Å². The normalized spacial score (nSPS) is 23.6. The number of hydrogen-bond acceptors (Lipinski definition) is 2. The number of aromatic nitrogens is 1. The van der Waals surface area contributed by atoms with Crippen molar-refractivity contribution in [2.45, 2.75) is 6.04 Å². The zero-order valence-electron chi connectivity index (χ0n) is 7.58. The second-order valence-corrected chi connectivity index (χ2v) is 3.28. The Morgan fingerprint density at radius 1 is 1.62 bits per heavy atom. The van der Waals surface area contributed by atoms with Crippen molar-refractivity contribution < 1.29 is 4.79 Å². The van der Waals surface area contributed by atoms with Gasteiger partial charge in [0.1, 0.15) is 0 Å². The van der Waals surface area contributed by atoms with Crippen molar-refractivity contribution in [1.82, 2.24) is 15.2 Å². The Morgan fingerprint density at radius 3 is 3.15 bits per heavy atom. The van der Waals surface area contributed by atoms with Crippen LogP contribution in [0.5, 0.6) is 0 Å². The molecule has 1 aromatic heterocycles. The van der Waals surface area contributed by atoms with Crippen LogP contribution in [0.15, 0.2) is 18.3 Å². The predicted octanol–water partition coefficient (Wildman–Crippen LogP) is 0.117. The van der Waals surface area contributed by atoms with Crippen molar-refractivity contribution in [2.75, 3.05) is 20.1 Å². The van der Waals surface area contributed by atoms with Crippen molar-refractivity contribution in [3.8, 4) is 0 Å². The van der Waals surface area contributed by atoms with E-state index in [1.54, 1.807) is 4.90 Å². The SMILES string of the molecule is CN1C(=O)CNCC1c1ccc[nH]1. The van der Waals surface area contributed by atoms with E-state index in [2.05, 4.69) is 10.3 Å². The third-order valence-corrected chi connectivity index (χ3v) is 2.46. The Labute approximate surface area is 76.9 Å². The van der Waals surface area contributed by atoms with Crippen LogP contribution in [0.3, 0.4) is 0 Å². The van der Waals surface area contributed by atoms with Gasteiger partial charge in [-0.3, -0.25) is 4.79 Å². The summed E-state index contributed by atoms with van der Waals surface area (Å²) in [6.45, 7) is 1.27. The number of carbonyl (C=O) groups is 1. The summed E-state index contributed by atoms with van der Waals surface area (Å²) in [6, 6.07) is 4.10. The van der Waals surface area contributed by atoms with Gasteiger partial charge in [0.25, 0.3) is 0 Å². The summed E-state index contributed by atoms with van der Waals surface area (Å²) in [7, 11) is 1.84. The number of aromatic amines is 1. The minimum absolute atomic E-state index is 0.144. The molecule has 1 unspecified atom stereocenters. The molecule has 70 valence electrons. The summed E-state index contributed by atoms with van der Waals surface area (Å²) in [5.41, 5.74) is 1.09. The molecule has 1 amide bonds. The van der Waals surface area contributed by atoms with Crippen molar-refractivity contribution >= 4 is 5.91 Å². The smallest absolute Gasteiger partial charge is 0.236 e. The van der Waals surface area contributed by atoms with Crippen LogP contribution < -0.4 is 5.32 Å². The van der Waals surface area contributed by atoms with Crippen LogP contribution in [0.25, 0.3) is 0 Å². The molecular formula is C9H13N3O. The third-order valence-electron chi connectivity index (χ3n) is 2.46. The minimum Gasteiger partial charge on any atom is -0.363 e. The molecule has 2 heterocycles. The van der Waals surface area contributed by atoms with Gasteiger partial charge in [-0.15, -0.1) is 0 Å². The molecule has 0 aliphatic carbocycles. The number of nitrogens with zero attached hydrogens (tertiary/aromatic N) is 1. The van der Waals surface area contributed by atoms with Gasteiger partial charge in [-0.2, -0.15) is 0 Å². The summed E-state index contributed by atoms with van der Waals surface area (Å²) in [5, 5.41) is 3.09. The van der Waals surface area contributed by atoms with Crippen molar-refractivity contribution in [2.24, 2.45) is 0 Å². The molecule has 0 saturated carbocycles. The molecule has 4 heteroatoms. The van der Waals surface area contributed by atoms with E-state index < -0.39 is 0 Å². The first kappa shape index (κ1) is 8.31. The Bertz CT molecular complexity index is 294. The highest BCUT2D eigenvalue weighted by molar-refractivity contribution is 5.79. The molecule has 1 aromatic rings. The lowest BCUT2D eigenvalue weighted by Gasteiger charge is -2.32. The minimum atomic E-state index is 0.144. The zero-order chi connectivity index (χ0) is 9.26. The third kappa shape index (κ3) is 1.45. The molecule has 2 N–H and O–H groups in total. The van der Waals surface area contributed by atoms with E-state index in [1.807, 2.05) is 25.4 Å². The number of piperazine rings is 1. The highest BCUT2D eigenvalue weighted by atomic mass is 16.2.